The number of hydrogen-bond donors (Lipinski definition) is 2. The van der Waals surface area contributed by atoms with Gasteiger partial charge in [0, 0.05) is 13.0 Å². The Kier molecular flexibility index (Phi) is 4.22. The summed E-state index contributed by atoms with van der Waals surface area (Å²) in [5, 5.41) is 11.0. The minimum atomic E-state index is -0.884. The maximum absolute atomic E-state index is 11.3. The fourth-order valence-corrected chi connectivity index (χ4v) is 1.74. The minimum Gasteiger partial charge on any atom is -0.481 e. The number of rotatable bonds is 6. The highest BCUT2D eigenvalue weighted by atomic mass is 35.5. The van der Waals surface area contributed by atoms with Crippen molar-refractivity contribution < 1.29 is 14.7 Å². The Labute approximate surface area is 97.9 Å². The summed E-state index contributed by atoms with van der Waals surface area (Å²) in [6.45, 7) is 0.479. The Hall–Kier alpha value is -0.480. The number of nitrogens with one attached hydrogen (secondary N) is 1. The summed E-state index contributed by atoms with van der Waals surface area (Å²) in [5.41, 5.74) is 0. The van der Waals surface area contributed by atoms with Crippen molar-refractivity contribution in [2.24, 2.45) is 5.92 Å². The first-order valence-corrected chi connectivity index (χ1v) is 5.56. The van der Waals surface area contributed by atoms with Gasteiger partial charge in [-0.1, -0.05) is 0 Å². The molecule has 15 heavy (non-hydrogen) atoms. The Balaban J connectivity index is 2.01. The molecule has 1 saturated carbocycles. The van der Waals surface area contributed by atoms with Gasteiger partial charge in [0.1, 0.15) is 4.33 Å². The van der Waals surface area contributed by atoms with Gasteiger partial charge >= 0.3 is 5.97 Å². The first kappa shape index (κ1) is 12.6. The van der Waals surface area contributed by atoms with Crippen molar-refractivity contribution >= 4 is 35.1 Å². The van der Waals surface area contributed by atoms with Crippen LogP contribution >= 0.6 is 23.2 Å². The van der Waals surface area contributed by atoms with Crippen LogP contribution in [0, 0.1) is 5.92 Å². The molecule has 6 heteroatoms. The normalized spacial score (nSPS) is 22.1. The fraction of sp³-hybridized carbons (Fsp3) is 0.778. The van der Waals surface area contributed by atoms with Crippen LogP contribution in [-0.4, -0.2) is 27.9 Å². The molecule has 1 rings (SSSR count). The molecule has 2 N–H and O–H groups in total. The van der Waals surface area contributed by atoms with E-state index in [0.717, 1.165) is 0 Å². The van der Waals surface area contributed by atoms with E-state index < -0.39 is 10.3 Å². The first-order chi connectivity index (χ1) is 6.93. The molecule has 0 aromatic heterocycles. The zero-order chi connectivity index (χ0) is 11.5. The van der Waals surface area contributed by atoms with Crippen LogP contribution in [0.3, 0.4) is 0 Å². The first-order valence-electron chi connectivity index (χ1n) is 4.81. The molecule has 1 amide bonds. The molecule has 0 aromatic rings. The molecule has 0 radical (unpaired) electrons. The molecule has 1 aliphatic carbocycles. The molecule has 0 spiro atoms. The van der Waals surface area contributed by atoms with E-state index in [4.69, 9.17) is 28.3 Å². The summed E-state index contributed by atoms with van der Waals surface area (Å²) in [4.78, 5) is 21.5. The molecule has 1 aliphatic rings. The van der Waals surface area contributed by atoms with Crippen molar-refractivity contribution in [1.29, 1.82) is 0 Å². The quantitative estimate of drug-likeness (QED) is 0.558. The van der Waals surface area contributed by atoms with Crippen molar-refractivity contribution in [2.45, 2.75) is 30.0 Å². The molecular weight excluding hydrogens is 241 g/mol. The number of carbonyl (C=O) groups is 2. The third-order valence-corrected chi connectivity index (χ3v) is 3.09. The summed E-state index contributed by atoms with van der Waals surface area (Å²) >= 11 is 11.4. The number of hydrogen-bond acceptors (Lipinski definition) is 2. The summed E-state index contributed by atoms with van der Waals surface area (Å²) in [6, 6.07) is 0. The standard InChI is InChI=1S/C9H13Cl2NO3/c10-9(11)5-6(9)8(15)12-4-2-1-3-7(13)14/h6H,1-5H2,(H,12,15)(H,13,14). The predicted molar refractivity (Wildman–Crippen MR) is 57.0 cm³/mol. The van der Waals surface area contributed by atoms with Crippen LogP contribution in [0.2, 0.25) is 0 Å². The zero-order valence-electron chi connectivity index (χ0n) is 8.13. The van der Waals surface area contributed by atoms with Crippen LogP contribution in [0.15, 0.2) is 0 Å². The lowest BCUT2D eigenvalue weighted by atomic mass is 10.2. The lowest BCUT2D eigenvalue weighted by Gasteiger charge is -2.03. The highest BCUT2D eigenvalue weighted by Gasteiger charge is 2.56. The van der Waals surface area contributed by atoms with Crippen LogP contribution in [0.5, 0.6) is 0 Å². The Bertz CT molecular complexity index is 268. The largest absolute Gasteiger partial charge is 0.481 e. The predicted octanol–water partition coefficient (Wildman–Crippen LogP) is 1.55. The molecular formula is C9H13Cl2NO3. The maximum Gasteiger partial charge on any atom is 0.303 e. The van der Waals surface area contributed by atoms with Gasteiger partial charge in [-0.15, -0.1) is 23.2 Å². The molecule has 1 fully saturated rings. The van der Waals surface area contributed by atoms with Gasteiger partial charge in [-0.25, -0.2) is 0 Å². The molecule has 4 nitrogen and oxygen atoms in total. The van der Waals surface area contributed by atoms with E-state index in [1.165, 1.54) is 0 Å². The second-order valence-corrected chi connectivity index (χ2v) is 5.20. The topological polar surface area (TPSA) is 66.4 Å². The van der Waals surface area contributed by atoms with Crippen LogP contribution in [0.25, 0.3) is 0 Å². The maximum atomic E-state index is 11.3. The second-order valence-electron chi connectivity index (χ2n) is 3.66. The van der Waals surface area contributed by atoms with E-state index in [-0.39, 0.29) is 18.2 Å². The van der Waals surface area contributed by atoms with Crippen molar-refractivity contribution in [1.82, 2.24) is 5.32 Å². The average Bonchev–Trinajstić information content (AvgIpc) is 2.74. The van der Waals surface area contributed by atoms with E-state index in [9.17, 15) is 9.59 Å². The van der Waals surface area contributed by atoms with E-state index in [2.05, 4.69) is 5.32 Å². The number of carboxylic acid groups (broad SMARTS) is 1. The van der Waals surface area contributed by atoms with Crippen molar-refractivity contribution in [3.63, 3.8) is 0 Å². The summed E-state index contributed by atoms with van der Waals surface area (Å²) in [7, 11) is 0. The minimum absolute atomic E-state index is 0.133. The molecule has 0 aromatic carbocycles. The lowest BCUT2D eigenvalue weighted by Crippen LogP contribution is -2.27. The molecule has 0 aliphatic heterocycles. The average molecular weight is 254 g/mol. The molecule has 1 atom stereocenters. The number of carboxylic acids is 1. The highest BCUT2D eigenvalue weighted by Crippen LogP contribution is 2.53. The number of amides is 1. The van der Waals surface area contributed by atoms with Gasteiger partial charge < -0.3 is 10.4 Å². The van der Waals surface area contributed by atoms with E-state index in [1.54, 1.807) is 0 Å². The SMILES string of the molecule is O=C(O)CCCCNC(=O)C1CC1(Cl)Cl. The van der Waals surface area contributed by atoms with E-state index in [1.807, 2.05) is 0 Å². The van der Waals surface area contributed by atoms with Gasteiger partial charge in [-0.05, 0) is 19.3 Å². The molecule has 0 heterocycles. The van der Waals surface area contributed by atoms with Crippen LogP contribution < -0.4 is 5.32 Å². The Morgan fingerprint density at radius 3 is 2.47 bits per heavy atom. The molecule has 0 saturated heterocycles. The Morgan fingerprint density at radius 2 is 2.00 bits per heavy atom. The monoisotopic (exact) mass is 253 g/mol. The van der Waals surface area contributed by atoms with E-state index in [0.29, 0.717) is 25.8 Å². The van der Waals surface area contributed by atoms with Gasteiger partial charge in [0.25, 0.3) is 0 Å². The summed E-state index contributed by atoms with van der Waals surface area (Å²) in [6.07, 6.45) is 1.85. The lowest BCUT2D eigenvalue weighted by molar-refractivity contribution is -0.137. The highest BCUT2D eigenvalue weighted by molar-refractivity contribution is 6.52. The summed E-state index contributed by atoms with van der Waals surface area (Å²) < 4.78 is -0.884. The van der Waals surface area contributed by atoms with Crippen molar-refractivity contribution in [2.75, 3.05) is 6.54 Å². The number of aliphatic carboxylic acids is 1. The van der Waals surface area contributed by atoms with Gasteiger partial charge in [0.2, 0.25) is 5.91 Å². The molecule has 86 valence electrons. The van der Waals surface area contributed by atoms with Crippen molar-refractivity contribution in [3.05, 3.63) is 0 Å². The molecule has 0 bridgehead atoms. The van der Waals surface area contributed by atoms with Crippen LogP contribution in [0.4, 0.5) is 0 Å². The molecule has 1 unspecified atom stereocenters. The third kappa shape index (κ3) is 4.26. The van der Waals surface area contributed by atoms with Gasteiger partial charge in [0.05, 0.1) is 5.92 Å². The van der Waals surface area contributed by atoms with Crippen LogP contribution in [0.1, 0.15) is 25.7 Å². The van der Waals surface area contributed by atoms with Crippen LogP contribution in [-0.2, 0) is 9.59 Å². The second kappa shape index (κ2) is 5.03. The van der Waals surface area contributed by atoms with Gasteiger partial charge in [-0.3, -0.25) is 9.59 Å². The fourth-order valence-electron chi connectivity index (χ4n) is 1.23. The Morgan fingerprint density at radius 1 is 1.40 bits per heavy atom. The number of carbonyl (C=O) groups excluding carboxylic acids is 1. The van der Waals surface area contributed by atoms with Gasteiger partial charge in [-0.2, -0.15) is 0 Å². The number of unbranched alkanes of at least 4 members (excludes halogenated alkanes) is 1. The zero-order valence-corrected chi connectivity index (χ0v) is 9.64. The smallest absolute Gasteiger partial charge is 0.303 e. The number of halogens is 2. The van der Waals surface area contributed by atoms with Gasteiger partial charge in [0.15, 0.2) is 0 Å². The summed E-state index contributed by atoms with van der Waals surface area (Å²) in [5.74, 6) is -1.26. The number of alkyl halides is 2. The third-order valence-electron chi connectivity index (χ3n) is 2.26. The van der Waals surface area contributed by atoms with E-state index >= 15 is 0 Å². The van der Waals surface area contributed by atoms with Crippen molar-refractivity contribution in [3.8, 4) is 0 Å².